The van der Waals surface area contributed by atoms with E-state index in [0.29, 0.717) is 18.8 Å². The van der Waals surface area contributed by atoms with E-state index < -0.39 is 0 Å². The fourth-order valence-electron chi connectivity index (χ4n) is 1.64. The molecule has 1 unspecified atom stereocenters. The summed E-state index contributed by atoms with van der Waals surface area (Å²) < 4.78 is 0.730. The van der Waals surface area contributed by atoms with Gasteiger partial charge in [-0.15, -0.1) is 11.6 Å². The summed E-state index contributed by atoms with van der Waals surface area (Å²) >= 11 is 9.24. The third kappa shape index (κ3) is 2.16. The van der Waals surface area contributed by atoms with E-state index in [1.54, 1.807) is 4.90 Å². The molecule has 5 heteroatoms. The number of carbonyl (C=O) groups excluding carboxylic acids is 1. The molecule has 80 valence electrons. The molecule has 0 aromatic carbocycles. The molecule has 1 amide bonds. The maximum atomic E-state index is 11.6. The number of aromatic nitrogens is 1. The summed E-state index contributed by atoms with van der Waals surface area (Å²) in [5.74, 6) is 0.751. The molecule has 1 aromatic rings. The highest BCUT2D eigenvalue weighted by Gasteiger charge is 2.30. The van der Waals surface area contributed by atoms with Crippen LogP contribution in [-0.2, 0) is 4.79 Å². The fraction of sp³-hybridized carbons (Fsp3) is 0.400. The Hall–Kier alpha value is -0.610. The Kier molecular flexibility index (Phi) is 2.98. The van der Waals surface area contributed by atoms with Crippen LogP contribution in [0.4, 0.5) is 5.82 Å². The lowest BCUT2D eigenvalue weighted by Crippen LogP contribution is -2.26. The molecule has 3 nitrogen and oxygen atoms in total. The fourth-order valence-corrected chi connectivity index (χ4v) is 2.21. The zero-order chi connectivity index (χ0) is 11.0. The SMILES string of the molecule is Cc1ccc(Br)nc1N1CC(Cl)CC1=O. The highest BCUT2D eigenvalue weighted by atomic mass is 79.9. The van der Waals surface area contributed by atoms with Gasteiger partial charge in [0, 0.05) is 13.0 Å². The van der Waals surface area contributed by atoms with Crippen LogP contribution in [0, 0.1) is 6.92 Å². The molecule has 2 rings (SSSR count). The zero-order valence-electron chi connectivity index (χ0n) is 8.20. The third-order valence-corrected chi connectivity index (χ3v) is 3.10. The van der Waals surface area contributed by atoms with E-state index in [4.69, 9.17) is 11.6 Å². The summed E-state index contributed by atoms with van der Waals surface area (Å²) in [6.07, 6.45) is 0.398. The summed E-state index contributed by atoms with van der Waals surface area (Å²) in [4.78, 5) is 17.6. The van der Waals surface area contributed by atoms with E-state index >= 15 is 0 Å². The van der Waals surface area contributed by atoms with Gasteiger partial charge in [0.15, 0.2) is 0 Å². The van der Waals surface area contributed by atoms with Crippen LogP contribution in [0.2, 0.25) is 0 Å². The van der Waals surface area contributed by atoms with E-state index in [2.05, 4.69) is 20.9 Å². The Balaban J connectivity index is 2.37. The van der Waals surface area contributed by atoms with Crippen molar-refractivity contribution in [2.75, 3.05) is 11.4 Å². The smallest absolute Gasteiger partial charge is 0.229 e. The van der Waals surface area contributed by atoms with Gasteiger partial charge in [-0.1, -0.05) is 6.07 Å². The van der Waals surface area contributed by atoms with E-state index in [1.165, 1.54) is 0 Å². The lowest BCUT2D eigenvalue weighted by atomic mass is 10.3. The molecule has 0 N–H and O–H groups in total. The Morgan fingerprint density at radius 2 is 2.33 bits per heavy atom. The topological polar surface area (TPSA) is 33.2 Å². The summed E-state index contributed by atoms with van der Waals surface area (Å²) in [6, 6.07) is 3.79. The number of aryl methyl sites for hydroxylation is 1. The first-order valence-corrected chi connectivity index (χ1v) is 5.88. The number of alkyl halides is 1. The third-order valence-electron chi connectivity index (χ3n) is 2.37. The maximum Gasteiger partial charge on any atom is 0.229 e. The molecule has 2 heterocycles. The van der Waals surface area contributed by atoms with Crippen molar-refractivity contribution in [3.63, 3.8) is 0 Å². The summed E-state index contributed by atoms with van der Waals surface area (Å²) in [6.45, 7) is 2.48. The van der Waals surface area contributed by atoms with Crippen molar-refractivity contribution >= 4 is 39.3 Å². The summed E-state index contributed by atoms with van der Waals surface area (Å²) in [5.41, 5.74) is 0.984. The van der Waals surface area contributed by atoms with Gasteiger partial charge < -0.3 is 0 Å². The van der Waals surface area contributed by atoms with Crippen molar-refractivity contribution in [2.45, 2.75) is 18.7 Å². The van der Waals surface area contributed by atoms with Gasteiger partial charge in [0.05, 0.1) is 5.38 Å². The second-order valence-electron chi connectivity index (χ2n) is 3.58. The minimum absolute atomic E-state index is 0.0451. The zero-order valence-corrected chi connectivity index (χ0v) is 10.5. The average Bonchev–Trinajstić information content (AvgIpc) is 2.50. The van der Waals surface area contributed by atoms with Crippen molar-refractivity contribution in [1.82, 2.24) is 4.98 Å². The van der Waals surface area contributed by atoms with E-state index in [-0.39, 0.29) is 11.3 Å². The Bertz CT molecular complexity index is 410. The van der Waals surface area contributed by atoms with E-state index in [1.807, 2.05) is 19.1 Å². The van der Waals surface area contributed by atoms with Crippen molar-refractivity contribution < 1.29 is 4.79 Å². The molecule has 1 fully saturated rings. The highest BCUT2D eigenvalue weighted by molar-refractivity contribution is 9.10. The highest BCUT2D eigenvalue weighted by Crippen LogP contribution is 2.26. The molecule has 0 aliphatic carbocycles. The van der Waals surface area contributed by atoms with Gasteiger partial charge in [0.2, 0.25) is 5.91 Å². The van der Waals surface area contributed by atoms with Crippen LogP contribution in [0.25, 0.3) is 0 Å². The van der Waals surface area contributed by atoms with Gasteiger partial charge in [-0.3, -0.25) is 9.69 Å². The Morgan fingerprint density at radius 1 is 1.60 bits per heavy atom. The molecule has 1 aliphatic heterocycles. The van der Waals surface area contributed by atoms with Crippen LogP contribution in [0.3, 0.4) is 0 Å². The molecule has 15 heavy (non-hydrogen) atoms. The molecular formula is C10H10BrClN2O. The predicted molar refractivity (Wildman–Crippen MR) is 63.3 cm³/mol. The first kappa shape index (κ1) is 10.9. The quantitative estimate of drug-likeness (QED) is 0.588. The number of anilines is 1. The summed E-state index contributed by atoms with van der Waals surface area (Å²) in [5, 5.41) is -0.0994. The van der Waals surface area contributed by atoms with Crippen LogP contribution in [0.15, 0.2) is 16.7 Å². The first-order valence-electron chi connectivity index (χ1n) is 4.65. The van der Waals surface area contributed by atoms with Crippen LogP contribution in [-0.4, -0.2) is 22.8 Å². The summed E-state index contributed by atoms with van der Waals surface area (Å²) in [7, 11) is 0. The number of amides is 1. The van der Waals surface area contributed by atoms with Gasteiger partial charge in [-0.05, 0) is 34.5 Å². The van der Waals surface area contributed by atoms with Crippen molar-refractivity contribution in [3.8, 4) is 0 Å². The molecule has 1 aliphatic rings. The number of halogens is 2. The predicted octanol–water partition coefficient (Wildman–Crippen LogP) is 2.50. The van der Waals surface area contributed by atoms with Gasteiger partial charge in [-0.25, -0.2) is 4.98 Å². The molecular weight excluding hydrogens is 279 g/mol. The molecule has 0 bridgehead atoms. The van der Waals surface area contributed by atoms with E-state index in [9.17, 15) is 4.79 Å². The van der Waals surface area contributed by atoms with Crippen LogP contribution < -0.4 is 4.90 Å². The number of hydrogen-bond donors (Lipinski definition) is 0. The normalized spacial score (nSPS) is 21.1. The maximum absolute atomic E-state index is 11.6. The molecule has 0 radical (unpaired) electrons. The van der Waals surface area contributed by atoms with Crippen molar-refractivity contribution in [3.05, 3.63) is 22.3 Å². The second-order valence-corrected chi connectivity index (χ2v) is 5.01. The largest absolute Gasteiger partial charge is 0.295 e. The van der Waals surface area contributed by atoms with Gasteiger partial charge in [0.1, 0.15) is 10.4 Å². The van der Waals surface area contributed by atoms with Crippen LogP contribution in [0.5, 0.6) is 0 Å². The lowest BCUT2D eigenvalue weighted by molar-refractivity contribution is -0.117. The van der Waals surface area contributed by atoms with Crippen LogP contribution in [0.1, 0.15) is 12.0 Å². The minimum Gasteiger partial charge on any atom is -0.295 e. The number of nitrogens with zero attached hydrogens (tertiary/aromatic N) is 2. The van der Waals surface area contributed by atoms with Crippen molar-refractivity contribution in [2.24, 2.45) is 0 Å². The Labute approximate surface area is 102 Å². The Morgan fingerprint density at radius 3 is 2.93 bits per heavy atom. The number of hydrogen-bond acceptors (Lipinski definition) is 2. The molecule has 1 saturated heterocycles. The molecule has 0 saturated carbocycles. The average molecular weight is 290 g/mol. The standard InChI is InChI=1S/C10H10BrClN2O/c1-6-2-3-8(11)13-10(6)14-5-7(12)4-9(14)15/h2-3,7H,4-5H2,1H3. The molecule has 1 atom stereocenters. The van der Waals surface area contributed by atoms with Crippen LogP contribution >= 0.6 is 27.5 Å². The number of pyridine rings is 1. The van der Waals surface area contributed by atoms with E-state index in [0.717, 1.165) is 10.2 Å². The monoisotopic (exact) mass is 288 g/mol. The van der Waals surface area contributed by atoms with Crippen molar-refractivity contribution in [1.29, 1.82) is 0 Å². The first-order chi connectivity index (χ1) is 7.08. The van der Waals surface area contributed by atoms with Gasteiger partial charge in [0.25, 0.3) is 0 Å². The molecule has 1 aromatic heterocycles. The van der Waals surface area contributed by atoms with Gasteiger partial charge in [-0.2, -0.15) is 0 Å². The van der Waals surface area contributed by atoms with Gasteiger partial charge >= 0.3 is 0 Å². The molecule has 0 spiro atoms. The lowest BCUT2D eigenvalue weighted by Gasteiger charge is -2.17. The number of carbonyl (C=O) groups is 1. The minimum atomic E-state index is -0.0994. The second kappa shape index (κ2) is 4.10. The number of rotatable bonds is 1.